The van der Waals surface area contributed by atoms with Gasteiger partial charge in [-0.25, -0.2) is 13.8 Å². The molecule has 1 amide bonds. The van der Waals surface area contributed by atoms with Crippen molar-refractivity contribution in [3.05, 3.63) is 77.5 Å². The normalized spacial score (nSPS) is 14.8. The Morgan fingerprint density at radius 1 is 1.02 bits per heavy atom. The number of aromatic nitrogens is 1. The van der Waals surface area contributed by atoms with Crippen LogP contribution in [0, 0.1) is 11.6 Å². The van der Waals surface area contributed by atoms with E-state index in [1.807, 2.05) is 45.0 Å². The number of carbonyl (C=O) groups excluding carboxylic acids is 2. The Morgan fingerprint density at radius 3 is 2.26 bits per heavy atom. The lowest BCUT2D eigenvalue weighted by Crippen LogP contribution is -2.52. The molecule has 1 saturated heterocycles. The monoisotopic (exact) mass is 581 g/mol. The summed E-state index contributed by atoms with van der Waals surface area (Å²) >= 11 is 0. The van der Waals surface area contributed by atoms with Crippen LogP contribution in [-0.4, -0.2) is 66.1 Å². The fourth-order valence-corrected chi connectivity index (χ4v) is 4.60. The summed E-state index contributed by atoms with van der Waals surface area (Å²) in [4.78, 5) is 32.8. The molecule has 1 atom stereocenters. The van der Waals surface area contributed by atoms with Crippen molar-refractivity contribution < 1.29 is 23.1 Å². The molecule has 1 fully saturated rings. The van der Waals surface area contributed by atoms with Crippen LogP contribution in [0.4, 0.5) is 31.7 Å². The number of pyridine rings is 1. The second kappa shape index (κ2) is 13.1. The highest BCUT2D eigenvalue weighted by molar-refractivity contribution is 5.98. The number of piperazine rings is 1. The van der Waals surface area contributed by atoms with E-state index in [0.29, 0.717) is 23.6 Å². The minimum Gasteiger partial charge on any atom is -0.459 e. The van der Waals surface area contributed by atoms with E-state index in [2.05, 4.69) is 25.4 Å². The van der Waals surface area contributed by atoms with Gasteiger partial charge in [0.15, 0.2) is 0 Å². The van der Waals surface area contributed by atoms with Crippen molar-refractivity contribution in [2.45, 2.75) is 39.0 Å². The Hall–Kier alpha value is -4.29. The molecule has 0 aliphatic carbocycles. The standard InChI is InChI=1S/C30H37F2N7O3/c1-30(2,3)42-29(41)25(33)18-38-8-10-39(11-9-38)23-6-4-22(5-7-23)37-27-15-26(24(17-36-27)28(34)40)35-16-19-12-20(31)14-21(32)13-19/h4-7,12-15,17,25H,8-11,16,18,33H2,1-3H3,(H2,34,40)(H2,35,36,37). The van der Waals surface area contributed by atoms with Gasteiger partial charge in [0.1, 0.15) is 29.1 Å². The lowest BCUT2D eigenvalue weighted by atomic mass is 10.1. The molecule has 1 aliphatic heterocycles. The maximum atomic E-state index is 13.6. The zero-order valence-electron chi connectivity index (χ0n) is 24.0. The zero-order chi connectivity index (χ0) is 30.4. The molecule has 0 saturated carbocycles. The molecule has 224 valence electrons. The second-order valence-corrected chi connectivity index (χ2v) is 11.2. The Morgan fingerprint density at radius 2 is 1.67 bits per heavy atom. The number of benzene rings is 2. The minimum absolute atomic E-state index is 0.0767. The van der Waals surface area contributed by atoms with Crippen molar-refractivity contribution in [1.82, 2.24) is 9.88 Å². The number of nitrogens with two attached hydrogens (primary N) is 2. The molecule has 2 aromatic carbocycles. The number of nitrogens with one attached hydrogen (secondary N) is 2. The molecule has 10 nitrogen and oxygen atoms in total. The number of hydrogen-bond acceptors (Lipinski definition) is 9. The number of anilines is 4. The summed E-state index contributed by atoms with van der Waals surface area (Å²) in [6.45, 7) is 9.10. The summed E-state index contributed by atoms with van der Waals surface area (Å²) in [5.41, 5.74) is 13.7. The maximum Gasteiger partial charge on any atom is 0.324 e. The first-order valence-electron chi connectivity index (χ1n) is 13.7. The number of hydrogen-bond donors (Lipinski definition) is 4. The summed E-state index contributed by atoms with van der Waals surface area (Å²) in [5, 5.41) is 6.22. The van der Waals surface area contributed by atoms with E-state index in [0.717, 1.165) is 43.6 Å². The summed E-state index contributed by atoms with van der Waals surface area (Å²) in [6.07, 6.45) is 1.35. The molecule has 1 aromatic heterocycles. The van der Waals surface area contributed by atoms with Gasteiger partial charge in [0.2, 0.25) is 0 Å². The molecule has 3 aromatic rings. The van der Waals surface area contributed by atoms with Gasteiger partial charge in [-0.3, -0.25) is 14.5 Å². The van der Waals surface area contributed by atoms with E-state index < -0.39 is 35.2 Å². The first-order chi connectivity index (χ1) is 19.9. The Bertz CT molecular complexity index is 1380. The van der Waals surface area contributed by atoms with Gasteiger partial charge in [-0.2, -0.15) is 0 Å². The van der Waals surface area contributed by atoms with Crippen molar-refractivity contribution >= 4 is 34.8 Å². The van der Waals surface area contributed by atoms with Crippen LogP contribution >= 0.6 is 0 Å². The van der Waals surface area contributed by atoms with Gasteiger partial charge in [0.05, 0.1) is 11.3 Å². The molecule has 2 heterocycles. The van der Waals surface area contributed by atoms with Crippen LogP contribution in [0.2, 0.25) is 0 Å². The molecule has 4 rings (SSSR count). The molecular weight excluding hydrogens is 544 g/mol. The molecule has 0 radical (unpaired) electrons. The number of carbonyl (C=O) groups is 2. The number of halogens is 2. The predicted molar refractivity (Wildman–Crippen MR) is 159 cm³/mol. The first-order valence-corrected chi connectivity index (χ1v) is 13.7. The van der Waals surface area contributed by atoms with Gasteiger partial charge in [-0.15, -0.1) is 0 Å². The largest absolute Gasteiger partial charge is 0.459 e. The molecule has 6 N–H and O–H groups in total. The van der Waals surface area contributed by atoms with Gasteiger partial charge in [-0.1, -0.05) is 0 Å². The van der Waals surface area contributed by atoms with Crippen LogP contribution in [0.15, 0.2) is 54.7 Å². The third-order valence-electron chi connectivity index (χ3n) is 6.62. The molecule has 12 heteroatoms. The van der Waals surface area contributed by atoms with E-state index >= 15 is 0 Å². The summed E-state index contributed by atoms with van der Waals surface area (Å²) in [6, 6.07) is 12.0. The second-order valence-electron chi connectivity index (χ2n) is 11.2. The summed E-state index contributed by atoms with van der Waals surface area (Å²) < 4.78 is 32.5. The van der Waals surface area contributed by atoms with E-state index in [4.69, 9.17) is 16.2 Å². The molecule has 1 aliphatic rings. The smallest absolute Gasteiger partial charge is 0.324 e. The number of rotatable bonds is 10. The SMILES string of the molecule is CC(C)(C)OC(=O)C(N)CN1CCN(c2ccc(Nc3cc(NCc4cc(F)cc(F)c4)c(C(N)=O)cn3)cc2)CC1. The number of ether oxygens (including phenoxy) is 1. The summed E-state index contributed by atoms with van der Waals surface area (Å²) in [5.74, 6) is -2.00. The lowest BCUT2D eigenvalue weighted by molar-refractivity contribution is -0.156. The van der Waals surface area contributed by atoms with E-state index in [1.54, 1.807) is 6.07 Å². The van der Waals surface area contributed by atoms with Crippen molar-refractivity contribution in [3.63, 3.8) is 0 Å². The van der Waals surface area contributed by atoms with Gasteiger partial charge in [0, 0.05) is 69.0 Å². The third kappa shape index (κ3) is 8.60. The average molecular weight is 582 g/mol. The Labute approximate surface area is 244 Å². The number of amides is 1. The van der Waals surface area contributed by atoms with Crippen LogP contribution in [0.1, 0.15) is 36.7 Å². The Balaban J connectivity index is 1.33. The maximum absolute atomic E-state index is 13.6. The Kier molecular flexibility index (Phi) is 9.59. The van der Waals surface area contributed by atoms with Crippen LogP contribution in [0.25, 0.3) is 0 Å². The highest BCUT2D eigenvalue weighted by Gasteiger charge is 2.26. The van der Waals surface area contributed by atoms with Gasteiger partial charge < -0.3 is 31.7 Å². The molecule has 1 unspecified atom stereocenters. The molecule has 0 bridgehead atoms. The van der Waals surface area contributed by atoms with Gasteiger partial charge in [-0.05, 0) is 62.7 Å². The number of nitrogens with zero attached hydrogens (tertiary/aromatic N) is 3. The third-order valence-corrected chi connectivity index (χ3v) is 6.62. The average Bonchev–Trinajstić information content (AvgIpc) is 2.91. The van der Waals surface area contributed by atoms with E-state index in [9.17, 15) is 18.4 Å². The molecular formula is C30H37F2N7O3. The molecule has 0 spiro atoms. The summed E-state index contributed by atoms with van der Waals surface area (Å²) in [7, 11) is 0. The highest BCUT2D eigenvalue weighted by Crippen LogP contribution is 2.25. The van der Waals surface area contributed by atoms with Crippen LogP contribution in [0.3, 0.4) is 0 Å². The van der Waals surface area contributed by atoms with Crippen LogP contribution in [0.5, 0.6) is 0 Å². The van der Waals surface area contributed by atoms with Crippen LogP contribution in [-0.2, 0) is 16.1 Å². The van der Waals surface area contributed by atoms with Crippen molar-refractivity contribution in [3.8, 4) is 0 Å². The highest BCUT2D eigenvalue weighted by atomic mass is 19.1. The quantitative estimate of drug-likeness (QED) is 0.265. The van der Waals surface area contributed by atoms with Crippen LogP contribution < -0.4 is 27.0 Å². The minimum atomic E-state index is -0.688. The van der Waals surface area contributed by atoms with Crippen molar-refractivity contribution in [2.75, 3.05) is 48.3 Å². The first kappa shape index (κ1) is 30.7. The zero-order valence-corrected chi connectivity index (χ0v) is 24.0. The molecule has 42 heavy (non-hydrogen) atoms. The van der Waals surface area contributed by atoms with Gasteiger partial charge in [0.25, 0.3) is 5.91 Å². The topological polar surface area (TPSA) is 139 Å². The number of primary amides is 1. The lowest BCUT2D eigenvalue weighted by Gasteiger charge is -2.37. The van der Waals surface area contributed by atoms with Crippen molar-refractivity contribution in [2.24, 2.45) is 11.5 Å². The van der Waals surface area contributed by atoms with E-state index in [-0.39, 0.29) is 12.1 Å². The van der Waals surface area contributed by atoms with E-state index in [1.165, 1.54) is 18.3 Å². The fraction of sp³-hybridized carbons (Fsp3) is 0.367. The van der Waals surface area contributed by atoms with Gasteiger partial charge >= 0.3 is 5.97 Å². The number of esters is 1. The fourth-order valence-electron chi connectivity index (χ4n) is 4.60. The van der Waals surface area contributed by atoms with Crippen molar-refractivity contribution in [1.29, 1.82) is 0 Å². The predicted octanol–water partition coefficient (Wildman–Crippen LogP) is 3.61.